The minimum Gasteiger partial charge on any atom is -0.476 e. The van der Waals surface area contributed by atoms with Crippen LogP contribution in [0, 0.1) is 6.92 Å². The van der Waals surface area contributed by atoms with Gasteiger partial charge in [0.15, 0.2) is 0 Å². The van der Waals surface area contributed by atoms with Crippen molar-refractivity contribution in [2.75, 3.05) is 26.8 Å². The van der Waals surface area contributed by atoms with E-state index in [0.29, 0.717) is 19.1 Å². The number of allylic oxidation sites excluding steroid dienone is 2. The number of aryl methyl sites for hydroxylation is 3. The Balaban J connectivity index is 1.83. The van der Waals surface area contributed by atoms with E-state index < -0.39 is 0 Å². The van der Waals surface area contributed by atoms with E-state index in [2.05, 4.69) is 72.5 Å². The van der Waals surface area contributed by atoms with Gasteiger partial charge in [-0.1, -0.05) is 31.7 Å². The fraction of sp³-hybridized carbons (Fsp3) is 0.407. The monoisotopic (exact) mass is 461 g/mol. The van der Waals surface area contributed by atoms with Crippen molar-refractivity contribution in [3.63, 3.8) is 0 Å². The lowest BCUT2D eigenvalue weighted by Crippen LogP contribution is -2.26. The second-order valence-corrected chi connectivity index (χ2v) is 8.78. The summed E-state index contributed by atoms with van der Waals surface area (Å²) in [5.74, 6) is 1.45. The topological polar surface area (TPSA) is 57.3 Å². The molecule has 34 heavy (non-hydrogen) atoms. The van der Waals surface area contributed by atoms with Crippen LogP contribution in [0.4, 0.5) is 0 Å². The van der Waals surface area contributed by atoms with Crippen LogP contribution in [0.15, 0.2) is 37.1 Å². The maximum absolute atomic E-state index is 6.24. The zero-order valence-electron chi connectivity index (χ0n) is 21.0. The molecule has 0 N–H and O–H groups in total. The third-order valence-electron chi connectivity index (χ3n) is 6.14. The number of benzene rings is 1. The number of aromatic nitrogens is 4. The number of likely N-dealkylation sites (N-methyl/N-ethyl adjacent to an activating group) is 1. The number of hydrogen-bond acceptors (Lipinski definition) is 5. The summed E-state index contributed by atoms with van der Waals surface area (Å²) in [6.07, 6.45) is 7.05. The Hall–Kier alpha value is -3.32. The molecule has 3 aromatic rings. The maximum Gasteiger partial charge on any atom is 0.240 e. The second-order valence-electron chi connectivity index (χ2n) is 8.78. The smallest absolute Gasteiger partial charge is 0.240 e. The van der Waals surface area contributed by atoms with Crippen molar-refractivity contribution in [2.24, 2.45) is 7.05 Å². The van der Waals surface area contributed by atoms with Gasteiger partial charge in [-0.3, -0.25) is 9.58 Å². The van der Waals surface area contributed by atoms with Crippen molar-refractivity contribution < 1.29 is 9.47 Å². The number of ether oxygens (including phenoxy) is 2. The number of hydrogen-bond donors (Lipinski definition) is 0. The normalized spacial score (nSPS) is 15.6. The Morgan fingerprint density at radius 3 is 2.74 bits per heavy atom. The van der Waals surface area contributed by atoms with Gasteiger partial charge in [0, 0.05) is 26.7 Å². The molecule has 7 nitrogen and oxygen atoms in total. The van der Waals surface area contributed by atoms with Crippen LogP contribution in [0.1, 0.15) is 42.7 Å². The van der Waals surface area contributed by atoms with Crippen LogP contribution in [0.2, 0.25) is 0 Å². The van der Waals surface area contributed by atoms with Crippen LogP contribution in [0.25, 0.3) is 22.8 Å². The molecule has 2 aromatic heterocycles. The first-order valence-corrected chi connectivity index (χ1v) is 12.0. The first-order valence-electron chi connectivity index (χ1n) is 12.0. The van der Waals surface area contributed by atoms with Gasteiger partial charge < -0.3 is 9.47 Å². The van der Waals surface area contributed by atoms with Crippen molar-refractivity contribution in [3.05, 3.63) is 59.4 Å². The summed E-state index contributed by atoms with van der Waals surface area (Å²) < 4.78 is 16.1. The summed E-state index contributed by atoms with van der Waals surface area (Å²) in [6.45, 7) is 14.1. The molecular formula is C27H35N5O2. The standard InChI is InChI=1S/C27H35N5O2/c1-7-13-32-25-18-30(5)14-15-34-27-24(17-28-31(27)6)21-11-9-19(3)23(16-21)20(4)10-12-22(25)26(29-32)33-8-2/h9-12,16-17H,4,7-8,13-15,18H2,1-3,5-6H3/b12-10+. The summed E-state index contributed by atoms with van der Waals surface area (Å²) in [6, 6.07) is 6.41. The molecule has 2 bridgehead atoms. The zero-order chi connectivity index (χ0) is 24.2. The van der Waals surface area contributed by atoms with Gasteiger partial charge in [-0.25, -0.2) is 4.68 Å². The lowest BCUT2D eigenvalue weighted by molar-refractivity contribution is 0.218. The summed E-state index contributed by atoms with van der Waals surface area (Å²) in [5, 5.41) is 9.25. The van der Waals surface area contributed by atoms with Crippen LogP contribution < -0.4 is 9.47 Å². The molecule has 0 saturated heterocycles. The molecule has 1 aliphatic heterocycles. The van der Waals surface area contributed by atoms with E-state index in [9.17, 15) is 0 Å². The van der Waals surface area contributed by atoms with Crippen molar-refractivity contribution in [2.45, 2.75) is 40.3 Å². The Kier molecular flexibility index (Phi) is 7.22. The van der Waals surface area contributed by atoms with Gasteiger partial charge in [-0.2, -0.15) is 5.10 Å². The molecular weight excluding hydrogens is 426 g/mol. The molecule has 0 aliphatic carbocycles. The summed E-state index contributed by atoms with van der Waals surface area (Å²) in [4.78, 5) is 2.25. The third kappa shape index (κ3) is 4.80. The van der Waals surface area contributed by atoms with Crippen molar-refractivity contribution >= 4 is 11.6 Å². The zero-order valence-corrected chi connectivity index (χ0v) is 21.0. The predicted octanol–water partition coefficient (Wildman–Crippen LogP) is 4.95. The summed E-state index contributed by atoms with van der Waals surface area (Å²) >= 11 is 0. The Morgan fingerprint density at radius 1 is 1.15 bits per heavy atom. The lowest BCUT2D eigenvalue weighted by atomic mass is 9.96. The van der Waals surface area contributed by atoms with Crippen LogP contribution in [-0.4, -0.2) is 51.3 Å². The Bertz CT molecular complexity index is 1200. The van der Waals surface area contributed by atoms with E-state index in [1.807, 2.05) is 20.2 Å². The molecule has 0 radical (unpaired) electrons. The lowest BCUT2D eigenvalue weighted by Gasteiger charge is -2.19. The molecule has 0 amide bonds. The van der Waals surface area contributed by atoms with Crippen LogP contribution in [0.3, 0.4) is 0 Å². The molecule has 1 aromatic carbocycles. The Labute approximate surface area is 202 Å². The van der Waals surface area contributed by atoms with Gasteiger partial charge in [0.1, 0.15) is 6.61 Å². The van der Waals surface area contributed by atoms with Crippen LogP contribution >= 0.6 is 0 Å². The first kappa shape index (κ1) is 23.8. The maximum atomic E-state index is 6.24. The van der Waals surface area contributed by atoms with Crippen LogP contribution in [-0.2, 0) is 20.1 Å². The van der Waals surface area contributed by atoms with E-state index in [4.69, 9.17) is 14.6 Å². The molecule has 3 heterocycles. The van der Waals surface area contributed by atoms with Gasteiger partial charge in [-0.15, -0.1) is 5.10 Å². The van der Waals surface area contributed by atoms with E-state index in [1.165, 1.54) is 5.56 Å². The molecule has 0 saturated carbocycles. The summed E-state index contributed by atoms with van der Waals surface area (Å²) in [5.41, 5.74) is 7.40. The minimum absolute atomic E-state index is 0.555. The fourth-order valence-corrected chi connectivity index (χ4v) is 4.30. The number of rotatable bonds is 4. The quantitative estimate of drug-likeness (QED) is 0.550. The fourth-order valence-electron chi connectivity index (χ4n) is 4.30. The van der Waals surface area contributed by atoms with E-state index in [-0.39, 0.29) is 0 Å². The highest BCUT2D eigenvalue weighted by molar-refractivity contribution is 5.83. The number of nitrogens with zero attached hydrogens (tertiary/aromatic N) is 5. The molecule has 0 atom stereocenters. The third-order valence-corrected chi connectivity index (χ3v) is 6.14. The first-order chi connectivity index (χ1) is 16.4. The molecule has 4 rings (SSSR count). The molecule has 0 fully saturated rings. The largest absolute Gasteiger partial charge is 0.476 e. The van der Waals surface area contributed by atoms with Gasteiger partial charge >= 0.3 is 0 Å². The molecule has 180 valence electrons. The highest BCUT2D eigenvalue weighted by Crippen LogP contribution is 2.33. The van der Waals surface area contributed by atoms with Crippen molar-refractivity contribution in [1.82, 2.24) is 24.5 Å². The second kappa shape index (κ2) is 10.3. The predicted molar refractivity (Wildman–Crippen MR) is 137 cm³/mol. The van der Waals surface area contributed by atoms with Gasteiger partial charge in [0.2, 0.25) is 11.8 Å². The molecule has 7 heteroatoms. The Morgan fingerprint density at radius 2 is 1.97 bits per heavy atom. The van der Waals surface area contributed by atoms with Crippen molar-refractivity contribution in [1.29, 1.82) is 0 Å². The molecule has 0 spiro atoms. The van der Waals surface area contributed by atoms with E-state index >= 15 is 0 Å². The van der Waals surface area contributed by atoms with E-state index in [0.717, 1.165) is 65.5 Å². The average Bonchev–Trinajstić information content (AvgIpc) is 3.32. The van der Waals surface area contributed by atoms with Crippen molar-refractivity contribution in [3.8, 4) is 22.9 Å². The van der Waals surface area contributed by atoms with Gasteiger partial charge in [0.05, 0.1) is 29.6 Å². The minimum atomic E-state index is 0.555. The van der Waals surface area contributed by atoms with Crippen LogP contribution in [0.5, 0.6) is 11.8 Å². The van der Waals surface area contributed by atoms with E-state index in [1.54, 1.807) is 4.68 Å². The summed E-state index contributed by atoms with van der Waals surface area (Å²) in [7, 11) is 4.02. The number of fused-ring (bicyclic) bond motifs is 5. The molecule has 0 unspecified atom stereocenters. The highest BCUT2D eigenvalue weighted by atomic mass is 16.5. The highest BCUT2D eigenvalue weighted by Gasteiger charge is 2.20. The van der Waals surface area contributed by atoms with Gasteiger partial charge in [-0.05, 0) is 61.7 Å². The molecule has 1 aliphatic rings. The van der Waals surface area contributed by atoms with Gasteiger partial charge in [0.25, 0.3) is 0 Å². The average molecular weight is 462 g/mol. The SMILES string of the molecule is C=C1/C=C/c2c(OCC)nn(CCC)c2CN(C)CCOc2c(cnn2C)-c2ccc(C)c1c2.